The lowest BCUT2D eigenvalue weighted by Crippen LogP contribution is -2.57. The van der Waals surface area contributed by atoms with E-state index in [1.165, 1.54) is 0 Å². The molecule has 0 aromatic heterocycles. The monoisotopic (exact) mass is 254 g/mol. The molecular weight excluding hydrogens is 232 g/mol. The van der Waals surface area contributed by atoms with Crippen LogP contribution in [0.2, 0.25) is 0 Å². The van der Waals surface area contributed by atoms with Gasteiger partial charge in [-0.1, -0.05) is 13.8 Å². The molecule has 0 bridgehead atoms. The van der Waals surface area contributed by atoms with Gasteiger partial charge in [0, 0.05) is 25.7 Å². The summed E-state index contributed by atoms with van der Waals surface area (Å²) in [7, 11) is 0. The fourth-order valence-electron chi connectivity index (χ4n) is 2.19. The average Bonchev–Trinajstić information content (AvgIpc) is 2.98. The minimum absolute atomic E-state index is 0.0376. The minimum atomic E-state index is -0.792. The molecule has 18 heavy (non-hydrogen) atoms. The van der Waals surface area contributed by atoms with E-state index >= 15 is 0 Å². The van der Waals surface area contributed by atoms with Gasteiger partial charge in [-0.05, 0) is 25.2 Å². The van der Waals surface area contributed by atoms with E-state index in [1.807, 2.05) is 4.90 Å². The van der Waals surface area contributed by atoms with Crippen molar-refractivity contribution >= 4 is 12.0 Å². The largest absolute Gasteiger partial charge is 0.481 e. The molecule has 1 aliphatic carbocycles. The summed E-state index contributed by atoms with van der Waals surface area (Å²) in [4.78, 5) is 26.6. The van der Waals surface area contributed by atoms with Crippen LogP contribution in [0.1, 0.15) is 33.1 Å². The van der Waals surface area contributed by atoms with Crippen molar-refractivity contribution in [1.82, 2.24) is 9.80 Å². The second-order valence-corrected chi connectivity index (χ2v) is 5.83. The van der Waals surface area contributed by atoms with Crippen LogP contribution in [0.3, 0.4) is 0 Å². The maximum Gasteiger partial charge on any atom is 0.320 e. The summed E-state index contributed by atoms with van der Waals surface area (Å²) in [6.07, 6.45) is 3.21. The maximum absolute atomic E-state index is 12.2. The molecule has 2 aliphatic rings. The third kappa shape index (κ3) is 2.94. The molecule has 1 N–H and O–H groups in total. The molecule has 0 atom stereocenters. The number of carboxylic acid groups (broad SMARTS) is 1. The second-order valence-electron chi connectivity index (χ2n) is 5.83. The van der Waals surface area contributed by atoms with Crippen LogP contribution in [0, 0.1) is 11.8 Å². The highest BCUT2D eigenvalue weighted by atomic mass is 16.4. The standard InChI is InChI=1S/C13H22N2O3/c1-9(2)5-6-15(11-3-4-11)13(18)14-7-10(8-14)12(16)17/h9-11H,3-8H2,1-2H3,(H,16,17). The van der Waals surface area contributed by atoms with Gasteiger partial charge in [-0.15, -0.1) is 0 Å². The van der Waals surface area contributed by atoms with Crippen molar-refractivity contribution in [2.75, 3.05) is 19.6 Å². The fourth-order valence-corrected chi connectivity index (χ4v) is 2.19. The third-order valence-electron chi connectivity index (χ3n) is 3.68. The first kappa shape index (κ1) is 13.2. The zero-order valence-corrected chi connectivity index (χ0v) is 11.1. The van der Waals surface area contributed by atoms with Crippen molar-refractivity contribution in [1.29, 1.82) is 0 Å². The lowest BCUT2D eigenvalue weighted by Gasteiger charge is -2.40. The number of likely N-dealkylation sites (tertiary alicyclic amines) is 1. The number of aliphatic carboxylic acids is 1. The number of urea groups is 1. The Bertz CT molecular complexity index is 333. The van der Waals surface area contributed by atoms with Gasteiger partial charge in [0.05, 0.1) is 5.92 Å². The summed E-state index contributed by atoms with van der Waals surface area (Å²) in [6, 6.07) is 0.441. The molecule has 0 spiro atoms. The third-order valence-corrected chi connectivity index (χ3v) is 3.68. The van der Waals surface area contributed by atoms with Gasteiger partial charge < -0.3 is 14.9 Å². The zero-order chi connectivity index (χ0) is 13.3. The van der Waals surface area contributed by atoms with Crippen molar-refractivity contribution in [3.8, 4) is 0 Å². The van der Waals surface area contributed by atoms with Crippen molar-refractivity contribution in [2.45, 2.75) is 39.2 Å². The summed E-state index contributed by atoms with van der Waals surface area (Å²) in [5.74, 6) is -0.568. The molecule has 1 aliphatic heterocycles. The number of amides is 2. The minimum Gasteiger partial charge on any atom is -0.481 e. The van der Waals surface area contributed by atoms with E-state index in [2.05, 4.69) is 13.8 Å². The number of hydrogen-bond acceptors (Lipinski definition) is 2. The Morgan fingerprint density at radius 3 is 2.39 bits per heavy atom. The lowest BCUT2D eigenvalue weighted by atomic mass is 10.0. The summed E-state index contributed by atoms with van der Waals surface area (Å²) >= 11 is 0. The molecule has 1 saturated heterocycles. The lowest BCUT2D eigenvalue weighted by molar-refractivity contribution is -0.146. The molecule has 0 unspecified atom stereocenters. The smallest absolute Gasteiger partial charge is 0.320 e. The maximum atomic E-state index is 12.2. The molecule has 2 amide bonds. The van der Waals surface area contributed by atoms with Crippen molar-refractivity contribution in [2.24, 2.45) is 11.8 Å². The number of rotatable bonds is 5. The Kier molecular flexibility index (Phi) is 3.78. The predicted molar refractivity (Wildman–Crippen MR) is 67.3 cm³/mol. The van der Waals surface area contributed by atoms with E-state index in [0.717, 1.165) is 25.8 Å². The van der Waals surface area contributed by atoms with Gasteiger partial charge in [0.1, 0.15) is 0 Å². The van der Waals surface area contributed by atoms with Crippen LogP contribution in [0.5, 0.6) is 0 Å². The van der Waals surface area contributed by atoms with E-state index in [0.29, 0.717) is 25.0 Å². The Balaban J connectivity index is 1.83. The molecule has 5 heteroatoms. The Labute approximate surface area is 108 Å². The van der Waals surface area contributed by atoms with Crippen LogP contribution in [0.4, 0.5) is 4.79 Å². The van der Waals surface area contributed by atoms with Crippen molar-refractivity contribution in [3.05, 3.63) is 0 Å². The van der Waals surface area contributed by atoms with E-state index in [9.17, 15) is 9.59 Å². The SMILES string of the molecule is CC(C)CCN(C(=O)N1CC(C(=O)O)C1)C1CC1. The van der Waals surface area contributed by atoms with Gasteiger partial charge in [0.2, 0.25) is 0 Å². The molecule has 1 saturated carbocycles. The van der Waals surface area contributed by atoms with Crippen LogP contribution in [0.25, 0.3) is 0 Å². The number of carbonyl (C=O) groups excluding carboxylic acids is 1. The van der Waals surface area contributed by atoms with E-state index in [4.69, 9.17) is 5.11 Å². The summed E-state index contributed by atoms with van der Waals surface area (Å²) in [5, 5.41) is 8.82. The fraction of sp³-hybridized carbons (Fsp3) is 0.846. The van der Waals surface area contributed by atoms with E-state index in [-0.39, 0.29) is 11.9 Å². The second kappa shape index (κ2) is 5.16. The van der Waals surface area contributed by atoms with Crippen LogP contribution < -0.4 is 0 Å². The van der Waals surface area contributed by atoms with E-state index < -0.39 is 5.97 Å². The van der Waals surface area contributed by atoms with Crippen LogP contribution in [-0.2, 0) is 4.79 Å². The Morgan fingerprint density at radius 2 is 1.94 bits per heavy atom. The number of carboxylic acids is 1. The molecular formula is C13H22N2O3. The topological polar surface area (TPSA) is 60.9 Å². The van der Waals surface area contributed by atoms with Crippen molar-refractivity contribution < 1.29 is 14.7 Å². The van der Waals surface area contributed by atoms with Gasteiger partial charge in [-0.3, -0.25) is 4.79 Å². The summed E-state index contributed by atoms with van der Waals surface area (Å²) < 4.78 is 0. The van der Waals surface area contributed by atoms with E-state index in [1.54, 1.807) is 4.90 Å². The molecule has 0 radical (unpaired) electrons. The first-order valence-corrected chi connectivity index (χ1v) is 6.77. The molecule has 2 fully saturated rings. The number of hydrogen-bond donors (Lipinski definition) is 1. The zero-order valence-electron chi connectivity index (χ0n) is 11.1. The normalized spacial score (nSPS) is 19.8. The average molecular weight is 254 g/mol. The first-order chi connectivity index (χ1) is 8.49. The first-order valence-electron chi connectivity index (χ1n) is 6.77. The predicted octanol–water partition coefficient (Wildman–Crippen LogP) is 1.63. The van der Waals surface area contributed by atoms with Crippen LogP contribution >= 0.6 is 0 Å². The van der Waals surface area contributed by atoms with Gasteiger partial charge in [0.25, 0.3) is 0 Å². The van der Waals surface area contributed by atoms with Gasteiger partial charge >= 0.3 is 12.0 Å². The highest BCUT2D eigenvalue weighted by Gasteiger charge is 2.41. The van der Waals surface area contributed by atoms with Gasteiger partial charge in [-0.25, -0.2) is 4.79 Å². The Morgan fingerprint density at radius 1 is 1.33 bits per heavy atom. The molecule has 0 aromatic rings. The van der Waals surface area contributed by atoms with Crippen molar-refractivity contribution in [3.63, 3.8) is 0 Å². The van der Waals surface area contributed by atoms with Crippen LogP contribution in [0.15, 0.2) is 0 Å². The number of nitrogens with zero attached hydrogens (tertiary/aromatic N) is 2. The summed E-state index contributed by atoms with van der Waals surface area (Å²) in [5.41, 5.74) is 0. The molecule has 0 aromatic carbocycles. The molecule has 1 heterocycles. The summed E-state index contributed by atoms with van der Waals surface area (Å²) in [6.45, 7) is 5.85. The highest BCUT2D eigenvalue weighted by Crippen LogP contribution is 2.30. The van der Waals surface area contributed by atoms with Gasteiger partial charge in [-0.2, -0.15) is 0 Å². The molecule has 102 valence electrons. The molecule has 5 nitrogen and oxygen atoms in total. The van der Waals surface area contributed by atoms with Gasteiger partial charge in [0.15, 0.2) is 0 Å². The Hall–Kier alpha value is -1.26. The molecule has 2 rings (SSSR count). The number of carbonyl (C=O) groups is 2. The van der Waals surface area contributed by atoms with Crippen LogP contribution in [-0.4, -0.2) is 52.6 Å². The highest BCUT2D eigenvalue weighted by molar-refractivity contribution is 5.80. The quantitative estimate of drug-likeness (QED) is 0.811.